The number of hydrazone groups is 1. The number of anilines is 2. The SMILES string of the molecule is CN(C)S(=O)(=O)c1ccc2c(c1)C(=NNc1ccccc1[N+](=O)[O-])C(=O)N2. The van der Waals surface area contributed by atoms with Gasteiger partial charge in [0.25, 0.3) is 11.6 Å². The minimum Gasteiger partial charge on any atom is -0.320 e. The fraction of sp³-hybridized carbons (Fsp3) is 0.125. The van der Waals surface area contributed by atoms with Gasteiger partial charge in [-0.2, -0.15) is 5.10 Å². The Morgan fingerprint density at radius 3 is 2.56 bits per heavy atom. The number of carbonyl (C=O) groups is 1. The number of rotatable bonds is 5. The summed E-state index contributed by atoms with van der Waals surface area (Å²) in [7, 11) is -0.895. The lowest BCUT2D eigenvalue weighted by molar-refractivity contribution is -0.384. The third kappa shape index (κ3) is 3.37. The summed E-state index contributed by atoms with van der Waals surface area (Å²) in [5.74, 6) is -0.546. The summed E-state index contributed by atoms with van der Waals surface area (Å²) in [5, 5.41) is 17.6. The van der Waals surface area contributed by atoms with Crippen LogP contribution in [-0.2, 0) is 14.8 Å². The van der Waals surface area contributed by atoms with Gasteiger partial charge in [0.05, 0.1) is 15.5 Å². The number of nitrogens with one attached hydrogen (secondary N) is 2. The van der Waals surface area contributed by atoms with Crippen LogP contribution in [0.3, 0.4) is 0 Å². The number of carbonyl (C=O) groups excluding carboxylic acids is 1. The quantitative estimate of drug-likeness (QED) is 0.589. The molecule has 0 fully saturated rings. The third-order valence-corrected chi connectivity index (χ3v) is 5.69. The summed E-state index contributed by atoms with van der Waals surface area (Å²) in [6.07, 6.45) is 0. The van der Waals surface area contributed by atoms with E-state index >= 15 is 0 Å². The van der Waals surface area contributed by atoms with E-state index in [1.54, 1.807) is 6.07 Å². The predicted molar refractivity (Wildman–Crippen MR) is 99.2 cm³/mol. The maximum atomic E-state index is 12.3. The van der Waals surface area contributed by atoms with Crippen LogP contribution in [0.25, 0.3) is 0 Å². The molecular formula is C16H15N5O5S. The van der Waals surface area contributed by atoms with Crippen molar-refractivity contribution in [1.29, 1.82) is 0 Å². The summed E-state index contributed by atoms with van der Waals surface area (Å²) in [4.78, 5) is 22.7. The predicted octanol–water partition coefficient (Wildman–Crippen LogP) is 1.61. The van der Waals surface area contributed by atoms with E-state index in [4.69, 9.17) is 0 Å². The Bertz CT molecular complexity index is 1080. The first-order valence-corrected chi connectivity index (χ1v) is 9.11. The maximum absolute atomic E-state index is 12.3. The Hall–Kier alpha value is -3.31. The van der Waals surface area contributed by atoms with Crippen LogP contribution in [0.4, 0.5) is 17.1 Å². The number of nitro groups is 1. The molecule has 0 radical (unpaired) electrons. The van der Waals surface area contributed by atoms with Gasteiger partial charge in [0.2, 0.25) is 10.0 Å². The smallest absolute Gasteiger partial charge is 0.294 e. The molecule has 1 aliphatic rings. The summed E-state index contributed by atoms with van der Waals surface area (Å²) >= 11 is 0. The lowest BCUT2D eigenvalue weighted by Gasteiger charge is -2.12. The molecule has 3 rings (SSSR count). The second-order valence-corrected chi connectivity index (χ2v) is 7.95. The Balaban J connectivity index is 2.01. The molecule has 0 spiro atoms. The average Bonchev–Trinajstić information content (AvgIpc) is 2.94. The first-order chi connectivity index (χ1) is 12.7. The Labute approximate surface area is 154 Å². The van der Waals surface area contributed by atoms with E-state index in [2.05, 4.69) is 15.8 Å². The van der Waals surface area contributed by atoms with Gasteiger partial charge < -0.3 is 5.32 Å². The van der Waals surface area contributed by atoms with Crippen molar-refractivity contribution >= 4 is 38.7 Å². The molecule has 27 heavy (non-hydrogen) atoms. The van der Waals surface area contributed by atoms with Crippen molar-refractivity contribution in [2.45, 2.75) is 4.90 Å². The number of hydrogen-bond donors (Lipinski definition) is 2. The van der Waals surface area contributed by atoms with Crippen molar-refractivity contribution in [1.82, 2.24) is 4.31 Å². The molecule has 140 valence electrons. The molecule has 0 saturated carbocycles. The zero-order valence-corrected chi connectivity index (χ0v) is 15.1. The minimum absolute atomic E-state index is 0.00106. The highest BCUT2D eigenvalue weighted by atomic mass is 32.2. The van der Waals surface area contributed by atoms with E-state index in [0.29, 0.717) is 5.69 Å². The van der Waals surface area contributed by atoms with Crippen molar-refractivity contribution in [3.05, 3.63) is 58.1 Å². The molecule has 0 atom stereocenters. The molecule has 0 unspecified atom stereocenters. The first-order valence-electron chi connectivity index (χ1n) is 7.67. The molecule has 0 saturated heterocycles. The highest BCUT2D eigenvalue weighted by Gasteiger charge is 2.29. The molecule has 2 aromatic rings. The Morgan fingerprint density at radius 2 is 1.89 bits per heavy atom. The largest absolute Gasteiger partial charge is 0.320 e. The third-order valence-electron chi connectivity index (χ3n) is 3.88. The van der Waals surface area contributed by atoms with Gasteiger partial charge >= 0.3 is 0 Å². The van der Waals surface area contributed by atoms with E-state index in [0.717, 1.165) is 4.31 Å². The summed E-state index contributed by atoms with van der Waals surface area (Å²) < 4.78 is 25.7. The van der Waals surface area contributed by atoms with Crippen LogP contribution in [0.15, 0.2) is 52.5 Å². The molecule has 0 bridgehead atoms. The Kier molecular flexibility index (Phi) is 4.64. The number of nitrogens with zero attached hydrogens (tertiary/aromatic N) is 3. The van der Waals surface area contributed by atoms with Crippen LogP contribution in [0, 0.1) is 10.1 Å². The second kappa shape index (κ2) is 6.78. The highest BCUT2D eigenvalue weighted by Crippen LogP contribution is 2.28. The summed E-state index contributed by atoms with van der Waals surface area (Å²) in [6.45, 7) is 0. The van der Waals surface area contributed by atoms with Crippen LogP contribution in [0.2, 0.25) is 0 Å². The molecule has 2 N–H and O–H groups in total. The van der Waals surface area contributed by atoms with E-state index in [9.17, 15) is 23.3 Å². The van der Waals surface area contributed by atoms with Crippen molar-refractivity contribution in [2.24, 2.45) is 5.10 Å². The van der Waals surface area contributed by atoms with E-state index in [1.165, 1.54) is 50.5 Å². The van der Waals surface area contributed by atoms with Gasteiger partial charge in [-0.1, -0.05) is 12.1 Å². The number of para-hydroxylation sites is 2. The standard InChI is InChI=1S/C16H15N5O5S/c1-20(2)27(25,26)10-7-8-12-11(9-10)15(16(22)17-12)19-18-13-5-3-4-6-14(13)21(23)24/h3-9,18H,1-2H3,(H,17,19,22). The molecule has 1 aliphatic heterocycles. The molecule has 1 heterocycles. The van der Waals surface area contributed by atoms with Gasteiger partial charge in [0.1, 0.15) is 5.69 Å². The van der Waals surface area contributed by atoms with Crippen LogP contribution >= 0.6 is 0 Å². The van der Waals surface area contributed by atoms with Crippen molar-refractivity contribution in [3.63, 3.8) is 0 Å². The molecular weight excluding hydrogens is 374 g/mol. The van der Waals surface area contributed by atoms with E-state index < -0.39 is 20.9 Å². The number of nitro benzene ring substituents is 1. The maximum Gasteiger partial charge on any atom is 0.294 e. The van der Waals surface area contributed by atoms with Crippen LogP contribution in [0.1, 0.15) is 5.56 Å². The lowest BCUT2D eigenvalue weighted by atomic mass is 10.1. The van der Waals surface area contributed by atoms with Gasteiger partial charge in [0, 0.05) is 25.7 Å². The van der Waals surface area contributed by atoms with Crippen LogP contribution in [0.5, 0.6) is 0 Å². The number of fused-ring (bicyclic) bond motifs is 1. The van der Waals surface area contributed by atoms with E-state index in [1.807, 2.05) is 0 Å². The normalized spacial score (nSPS) is 14.9. The molecule has 2 aromatic carbocycles. The van der Waals surface area contributed by atoms with Gasteiger partial charge in [-0.3, -0.25) is 20.3 Å². The summed E-state index contributed by atoms with van der Waals surface area (Å²) in [5.41, 5.74) is 3.03. The van der Waals surface area contributed by atoms with Crippen LogP contribution < -0.4 is 10.7 Å². The topological polar surface area (TPSA) is 134 Å². The monoisotopic (exact) mass is 389 g/mol. The number of hydrogen-bond acceptors (Lipinski definition) is 7. The minimum atomic E-state index is -3.69. The second-order valence-electron chi connectivity index (χ2n) is 5.80. The molecule has 0 aliphatic carbocycles. The fourth-order valence-corrected chi connectivity index (χ4v) is 3.39. The number of amides is 1. The molecule has 0 aromatic heterocycles. The average molecular weight is 389 g/mol. The van der Waals surface area contributed by atoms with Gasteiger partial charge in [-0.05, 0) is 24.3 Å². The van der Waals surface area contributed by atoms with Crippen molar-refractivity contribution in [3.8, 4) is 0 Å². The van der Waals surface area contributed by atoms with Crippen molar-refractivity contribution in [2.75, 3.05) is 24.8 Å². The molecule has 11 heteroatoms. The highest BCUT2D eigenvalue weighted by molar-refractivity contribution is 7.89. The number of benzene rings is 2. The van der Waals surface area contributed by atoms with Crippen molar-refractivity contribution < 1.29 is 18.1 Å². The van der Waals surface area contributed by atoms with E-state index in [-0.39, 0.29) is 27.5 Å². The lowest BCUT2D eigenvalue weighted by Crippen LogP contribution is -2.22. The van der Waals surface area contributed by atoms with Gasteiger partial charge in [-0.15, -0.1) is 0 Å². The van der Waals surface area contributed by atoms with Gasteiger partial charge in [-0.25, -0.2) is 12.7 Å². The zero-order chi connectivity index (χ0) is 19.8. The molecule has 10 nitrogen and oxygen atoms in total. The van der Waals surface area contributed by atoms with Crippen LogP contribution in [-0.4, -0.2) is 43.4 Å². The zero-order valence-electron chi connectivity index (χ0n) is 14.3. The fourth-order valence-electron chi connectivity index (χ4n) is 2.46. The Morgan fingerprint density at radius 1 is 1.19 bits per heavy atom. The summed E-state index contributed by atoms with van der Waals surface area (Å²) in [6, 6.07) is 10.0. The first kappa shape index (κ1) is 18.5. The molecule has 1 amide bonds. The number of sulfonamides is 1. The van der Waals surface area contributed by atoms with Gasteiger partial charge in [0.15, 0.2) is 5.71 Å².